The summed E-state index contributed by atoms with van der Waals surface area (Å²) < 4.78 is 34.5. The number of hydrogen-bond acceptors (Lipinski definition) is 5. The Morgan fingerprint density at radius 3 is 2.14 bits per heavy atom. The highest BCUT2D eigenvalue weighted by Gasteiger charge is 2.27. The largest absolute Gasteiger partial charge is 0.494 e. The first-order valence-corrected chi connectivity index (χ1v) is 14.2. The van der Waals surface area contributed by atoms with Gasteiger partial charge in [0.2, 0.25) is 15.9 Å². The summed E-state index contributed by atoms with van der Waals surface area (Å²) in [6.45, 7) is 2.34. The maximum Gasteiger partial charge on any atom is 0.242 e. The molecule has 0 spiro atoms. The van der Waals surface area contributed by atoms with Crippen LogP contribution in [0.15, 0.2) is 124 Å². The summed E-state index contributed by atoms with van der Waals surface area (Å²) in [5.41, 5.74) is 1.45. The van der Waals surface area contributed by atoms with Crippen molar-refractivity contribution < 1.29 is 17.9 Å². The molecule has 2 N–H and O–H groups in total. The van der Waals surface area contributed by atoms with E-state index in [0.717, 1.165) is 15.4 Å². The van der Waals surface area contributed by atoms with E-state index >= 15 is 0 Å². The van der Waals surface area contributed by atoms with Gasteiger partial charge >= 0.3 is 0 Å². The van der Waals surface area contributed by atoms with Gasteiger partial charge in [-0.15, -0.1) is 0 Å². The number of rotatable bonds is 11. The number of carbonyl (C=O) groups excluding carboxylic acids is 1. The monoisotopic (exact) mass is 532 g/mol. The van der Waals surface area contributed by atoms with Crippen LogP contribution in [0.1, 0.15) is 12.5 Å². The highest BCUT2D eigenvalue weighted by atomic mass is 32.2. The molecule has 4 rings (SSSR count). The third-order valence-corrected chi connectivity index (χ3v) is 8.03. The predicted octanol–water partition coefficient (Wildman–Crippen LogP) is 5.76. The molecule has 0 bridgehead atoms. The molecule has 1 unspecified atom stereocenters. The van der Waals surface area contributed by atoms with Gasteiger partial charge in [0.25, 0.3) is 0 Å². The normalized spacial score (nSPS) is 12.0. The molecule has 1 amide bonds. The van der Waals surface area contributed by atoms with E-state index in [1.807, 2.05) is 91.9 Å². The zero-order valence-electron chi connectivity index (χ0n) is 20.3. The first kappa shape index (κ1) is 26.5. The minimum atomic E-state index is -3.98. The number of hydrogen-bond donors (Lipinski definition) is 2. The molecule has 0 aliphatic rings. The lowest BCUT2D eigenvalue weighted by molar-refractivity contribution is -0.117. The molecule has 0 aliphatic heterocycles. The van der Waals surface area contributed by atoms with Gasteiger partial charge in [0.1, 0.15) is 11.8 Å². The molecular weight excluding hydrogens is 504 g/mol. The summed E-state index contributed by atoms with van der Waals surface area (Å²) in [7, 11) is -3.98. The fourth-order valence-electron chi connectivity index (χ4n) is 3.67. The molecule has 0 heterocycles. The van der Waals surface area contributed by atoms with Crippen LogP contribution in [-0.2, 0) is 21.2 Å². The Kier molecular flexibility index (Phi) is 9.00. The molecule has 4 aromatic carbocycles. The second-order valence-corrected chi connectivity index (χ2v) is 11.0. The Bertz CT molecular complexity index is 1410. The van der Waals surface area contributed by atoms with Gasteiger partial charge in [-0.3, -0.25) is 4.79 Å². The molecule has 4 aromatic rings. The van der Waals surface area contributed by atoms with Gasteiger partial charge in [0.15, 0.2) is 0 Å². The van der Waals surface area contributed by atoms with Crippen LogP contribution in [-0.4, -0.2) is 27.0 Å². The van der Waals surface area contributed by atoms with Crippen molar-refractivity contribution in [3.8, 4) is 5.75 Å². The first-order chi connectivity index (χ1) is 17.9. The molecule has 8 heteroatoms. The number of anilines is 1. The average molecular weight is 533 g/mol. The van der Waals surface area contributed by atoms with E-state index in [1.54, 1.807) is 12.1 Å². The zero-order chi connectivity index (χ0) is 26.1. The number of nitrogens with one attached hydrogen (secondary N) is 2. The van der Waals surface area contributed by atoms with Crippen molar-refractivity contribution >= 4 is 33.4 Å². The molecule has 0 aliphatic carbocycles. The lowest BCUT2D eigenvalue weighted by Crippen LogP contribution is -2.45. The second-order valence-electron chi connectivity index (χ2n) is 8.17. The zero-order valence-corrected chi connectivity index (χ0v) is 22.0. The van der Waals surface area contributed by atoms with Crippen LogP contribution in [0.4, 0.5) is 5.69 Å². The molecule has 6 nitrogen and oxygen atoms in total. The van der Waals surface area contributed by atoms with Crippen LogP contribution in [0.25, 0.3) is 0 Å². The summed E-state index contributed by atoms with van der Waals surface area (Å²) in [6, 6.07) is 31.7. The van der Waals surface area contributed by atoms with Gasteiger partial charge < -0.3 is 10.1 Å². The van der Waals surface area contributed by atoms with E-state index in [-0.39, 0.29) is 11.3 Å². The summed E-state index contributed by atoms with van der Waals surface area (Å²) in [6.07, 6.45) is 0.191. The van der Waals surface area contributed by atoms with Crippen molar-refractivity contribution in [2.75, 3.05) is 11.9 Å². The highest BCUT2D eigenvalue weighted by molar-refractivity contribution is 7.99. The maximum atomic E-state index is 13.5. The minimum Gasteiger partial charge on any atom is -0.494 e. The van der Waals surface area contributed by atoms with E-state index in [0.29, 0.717) is 18.0 Å². The number of benzene rings is 4. The van der Waals surface area contributed by atoms with Gasteiger partial charge in [0, 0.05) is 9.79 Å². The number of carbonyl (C=O) groups is 1. The van der Waals surface area contributed by atoms with Crippen LogP contribution in [0.2, 0.25) is 0 Å². The number of para-hydroxylation sites is 1. The molecule has 0 radical (unpaired) electrons. The van der Waals surface area contributed by atoms with Crippen molar-refractivity contribution in [2.24, 2.45) is 0 Å². The smallest absolute Gasteiger partial charge is 0.242 e. The van der Waals surface area contributed by atoms with Gasteiger partial charge in [0.05, 0.1) is 17.2 Å². The van der Waals surface area contributed by atoms with Crippen LogP contribution in [0, 0.1) is 0 Å². The maximum absolute atomic E-state index is 13.5. The topological polar surface area (TPSA) is 84.5 Å². The Morgan fingerprint density at radius 2 is 1.46 bits per heavy atom. The van der Waals surface area contributed by atoms with Crippen molar-refractivity contribution in [2.45, 2.75) is 34.1 Å². The van der Waals surface area contributed by atoms with Crippen LogP contribution >= 0.6 is 11.8 Å². The third-order valence-electron chi connectivity index (χ3n) is 5.46. The molecule has 190 valence electrons. The Morgan fingerprint density at radius 1 is 0.838 bits per heavy atom. The molecular formula is C29H28N2O4S2. The van der Waals surface area contributed by atoms with E-state index < -0.39 is 22.0 Å². The quantitative estimate of drug-likeness (QED) is 0.256. The Labute approximate surface area is 222 Å². The van der Waals surface area contributed by atoms with E-state index in [2.05, 4.69) is 10.0 Å². The fourth-order valence-corrected chi connectivity index (χ4v) is 5.79. The van der Waals surface area contributed by atoms with E-state index in [9.17, 15) is 13.2 Å². The van der Waals surface area contributed by atoms with Crippen LogP contribution in [0.5, 0.6) is 5.75 Å². The standard InChI is InChI=1S/C29H28N2O4S2/c1-2-35-23-17-19-25(20-18-23)37(33,34)31-27(21-22-11-5-3-6-12-22)29(32)30-26-15-9-10-16-28(26)36-24-13-7-4-8-14-24/h3-20,27,31H,2,21H2,1H3,(H,30,32). The van der Waals surface area contributed by atoms with Crippen molar-refractivity contribution in [1.82, 2.24) is 4.72 Å². The van der Waals surface area contributed by atoms with Crippen molar-refractivity contribution in [3.63, 3.8) is 0 Å². The van der Waals surface area contributed by atoms with Gasteiger partial charge in [-0.1, -0.05) is 72.4 Å². The Balaban J connectivity index is 1.57. The van der Waals surface area contributed by atoms with E-state index in [4.69, 9.17) is 4.74 Å². The van der Waals surface area contributed by atoms with Crippen LogP contribution < -0.4 is 14.8 Å². The summed E-state index contributed by atoms with van der Waals surface area (Å²) in [5, 5.41) is 2.94. The molecule has 0 aromatic heterocycles. The van der Waals surface area contributed by atoms with Gasteiger partial charge in [-0.2, -0.15) is 4.72 Å². The van der Waals surface area contributed by atoms with E-state index in [1.165, 1.54) is 23.9 Å². The van der Waals surface area contributed by atoms with Crippen molar-refractivity contribution in [3.05, 3.63) is 115 Å². The van der Waals surface area contributed by atoms with Crippen LogP contribution in [0.3, 0.4) is 0 Å². The van der Waals surface area contributed by atoms with Crippen molar-refractivity contribution in [1.29, 1.82) is 0 Å². The number of ether oxygens (including phenoxy) is 1. The summed E-state index contributed by atoms with van der Waals surface area (Å²) >= 11 is 1.52. The predicted molar refractivity (Wildman–Crippen MR) is 148 cm³/mol. The first-order valence-electron chi connectivity index (χ1n) is 11.9. The minimum absolute atomic E-state index is 0.0573. The molecule has 0 saturated carbocycles. The Hall–Kier alpha value is -3.59. The lowest BCUT2D eigenvalue weighted by Gasteiger charge is -2.20. The summed E-state index contributed by atoms with van der Waals surface area (Å²) in [4.78, 5) is 15.4. The summed E-state index contributed by atoms with van der Waals surface area (Å²) in [5.74, 6) is 0.132. The average Bonchev–Trinajstić information content (AvgIpc) is 2.91. The third kappa shape index (κ3) is 7.45. The number of sulfonamides is 1. The molecule has 0 fully saturated rings. The molecule has 1 atom stereocenters. The second kappa shape index (κ2) is 12.6. The molecule has 37 heavy (non-hydrogen) atoms. The molecule has 0 saturated heterocycles. The van der Waals surface area contributed by atoms with Gasteiger partial charge in [-0.05, 0) is 67.4 Å². The lowest BCUT2D eigenvalue weighted by atomic mass is 10.1. The highest BCUT2D eigenvalue weighted by Crippen LogP contribution is 2.33. The van der Waals surface area contributed by atoms with Gasteiger partial charge in [-0.25, -0.2) is 8.42 Å². The SMILES string of the molecule is CCOc1ccc(S(=O)(=O)NC(Cc2ccccc2)C(=O)Nc2ccccc2Sc2ccccc2)cc1. The fraction of sp³-hybridized carbons (Fsp3) is 0.138. The number of amides is 1.